The predicted molar refractivity (Wildman–Crippen MR) is 100 cm³/mol. The Balaban J connectivity index is 1.92. The highest BCUT2D eigenvalue weighted by Crippen LogP contribution is 2.30. The van der Waals surface area contributed by atoms with Gasteiger partial charge in [-0.2, -0.15) is 0 Å². The first-order valence-corrected chi connectivity index (χ1v) is 8.55. The van der Waals surface area contributed by atoms with Crippen molar-refractivity contribution < 1.29 is 28.2 Å². The fourth-order valence-electron chi connectivity index (χ4n) is 2.40. The average molecular weight is 383 g/mol. The Hall–Kier alpha value is -3.48. The third-order valence-electron chi connectivity index (χ3n) is 3.87. The number of hydrogen-bond acceptors (Lipinski definition) is 6. The van der Waals surface area contributed by atoms with Crippen molar-refractivity contribution in [2.24, 2.45) is 10.9 Å². The summed E-state index contributed by atoms with van der Waals surface area (Å²) in [6, 6.07) is 10.5. The molecule has 1 aliphatic heterocycles. The van der Waals surface area contributed by atoms with Crippen molar-refractivity contribution in [3.63, 3.8) is 0 Å². The van der Waals surface area contributed by atoms with E-state index in [2.05, 4.69) is 4.99 Å². The molecule has 0 aromatic heterocycles. The summed E-state index contributed by atoms with van der Waals surface area (Å²) < 4.78 is 29.1. The van der Waals surface area contributed by atoms with Crippen LogP contribution < -0.4 is 9.47 Å². The van der Waals surface area contributed by atoms with Gasteiger partial charge in [0.15, 0.2) is 17.2 Å². The summed E-state index contributed by atoms with van der Waals surface area (Å²) in [4.78, 5) is 28.1. The van der Waals surface area contributed by atoms with E-state index >= 15 is 0 Å². The van der Waals surface area contributed by atoms with E-state index in [1.165, 1.54) is 31.4 Å². The lowest BCUT2D eigenvalue weighted by molar-refractivity contribution is -0.137. The van der Waals surface area contributed by atoms with E-state index in [1.807, 2.05) is 0 Å². The number of nitrogens with zero attached hydrogens (tertiary/aromatic N) is 1. The number of methoxy groups -OCH3 is 1. The molecule has 0 aliphatic carbocycles. The molecule has 0 unspecified atom stereocenters. The second-order valence-electron chi connectivity index (χ2n) is 6.33. The number of ether oxygens (including phenoxy) is 3. The number of benzene rings is 2. The van der Waals surface area contributed by atoms with Crippen LogP contribution in [-0.4, -0.2) is 24.9 Å². The minimum absolute atomic E-state index is 0.0238. The summed E-state index contributed by atoms with van der Waals surface area (Å²) >= 11 is 0. The normalized spacial score (nSPS) is 14.8. The molecule has 0 saturated heterocycles. The second-order valence-corrected chi connectivity index (χ2v) is 6.33. The maximum atomic E-state index is 13.4. The molecule has 0 amide bonds. The zero-order valence-electron chi connectivity index (χ0n) is 15.6. The highest BCUT2D eigenvalue weighted by molar-refractivity contribution is 6.12. The van der Waals surface area contributed by atoms with E-state index < -0.39 is 17.8 Å². The van der Waals surface area contributed by atoms with E-state index in [0.717, 1.165) is 0 Å². The smallest absolute Gasteiger partial charge is 0.363 e. The average Bonchev–Trinajstić information content (AvgIpc) is 3.02. The molecule has 1 heterocycles. The lowest BCUT2D eigenvalue weighted by atomic mass is 10.1. The molecule has 3 rings (SSSR count). The van der Waals surface area contributed by atoms with Crippen LogP contribution in [0.3, 0.4) is 0 Å². The van der Waals surface area contributed by atoms with Crippen molar-refractivity contribution in [1.82, 2.24) is 0 Å². The number of aliphatic imine (C=N–C) groups is 1. The quantitative estimate of drug-likeness (QED) is 0.447. The van der Waals surface area contributed by atoms with Crippen LogP contribution in [0, 0.1) is 11.7 Å². The Labute approximate surface area is 161 Å². The number of hydrogen-bond donors (Lipinski definition) is 0. The van der Waals surface area contributed by atoms with Gasteiger partial charge >= 0.3 is 11.9 Å². The van der Waals surface area contributed by atoms with Gasteiger partial charge in [-0.3, -0.25) is 4.79 Å². The van der Waals surface area contributed by atoms with Crippen LogP contribution in [0.2, 0.25) is 0 Å². The Bertz CT molecular complexity index is 994. The molecule has 28 heavy (non-hydrogen) atoms. The zero-order valence-corrected chi connectivity index (χ0v) is 15.6. The highest BCUT2D eigenvalue weighted by atomic mass is 19.1. The monoisotopic (exact) mass is 383 g/mol. The van der Waals surface area contributed by atoms with Gasteiger partial charge in [-0.15, -0.1) is 0 Å². The predicted octanol–water partition coefficient (Wildman–Crippen LogP) is 3.74. The number of halogens is 1. The van der Waals surface area contributed by atoms with Gasteiger partial charge in [0.05, 0.1) is 13.0 Å². The lowest BCUT2D eigenvalue weighted by Gasteiger charge is -2.11. The van der Waals surface area contributed by atoms with Crippen LogP contribution in [0.1, 0.15) is 25.0 Å². The zero-order chi connectivity index (χ0) is 20.3. The summed E-state index contributed by atoms with van der Waals surface area (Å²) in [6.45, 7) is 3.44. The molecule has 144 valence electrons. The van der Waals surface area contributed by atoms with Crippen LogP contribution in [-0.2, 0) is 14.3 Å². The van der Waals surface area contributed by atoms with Crippen LogP contribution >= 0.6 is 0 Å². The number of cyclic esters (lactones) is 1. The summed E-state index contributed by atoms with van der Waals surface area (Å²) in [5.74, 6) is -1.19. The van der Waals surface area contributed by atoms with Gasteiger partial charge in [0.2, 0.25) is 5.90 Å². The van der Waals surface area contributed by atoms with E-state index in [-0.39, 0.29) is 23.3 Å². The lowest BCUT2D eigenvalue weighted by Crippen LogP contribution is -2.15. The van der Waals surface area contributed by atoms with E-state index in [4.69, 9.17) is 14.2 Å². The van der Waals surface area contributed by atoms with E-state index in [9.17, 15) is 14.0 Å². The van der Waals surface area contributed by atoms with Gasteiger partial charge in [-0.05, 0) is 42.0 Å². The van der Waals surface area contributed by atoms with Crippen molar-refractivity contribution in [2.45, 2.75) is 13.8 Å². The molecule has 0 N–H and O–H groups in total. The van der Waals surface area contributed by atoms with Crippen LogP contribution in [0.4, 0.5) is 4.39 Å². The summed E-state index contributed by atoms with van der Waals surface area (Å²) in [7, 11) is 1.46. The minimum Gasteiger partial charge on any atom is -0.493 e. The first kappa shape index (κ1) is 19.3. The number of rotatable bonds is 5. The van der Waals surface area contributed by atoms with Gasteiger partial charge in [0.25, 0.3) is 0 Å². The molecule has 0 spiro atoms. The Kier molecular flexibility index (Phi) is 5.54. The van der Waals surface area contributed by atoms with Gasteiger partial charge in [-0.25, -0.2) is 14.2 Å². The maximum Gasteiger partial charge on any atom is 0.363 e. The van der Waals surface area contributed by atoms with Gasteiger partial charge in [0, 0.05) is 5.56 Å². The fourth-order valence-corrected chi connectivity index (χ4v) is 2.40. The molecule has 2 aromatic rings. The third kappa shape index (κ3) is 4.25. The van der Waals surface area contributed by atoms with Gasteiger partial charge in [0.1, 0.15) is 5.82 Å². The SMILES string of the molecule is COc1ccc(/C=C2/N=C(c3cccc(F)c3)OC2=O)cc1OC(=O)C(C)C. The van der Waals surface area contributed by atoms with Gasteiger partial charge < -0.3 is 14.2 Å². The first-order valence-electron chi connectivity index (χ1n) is 8.55. The molecule has 0 fully saturated rings. The van der Waals surface area contributed by atoms with Crippen molar-refractivity contribution in [3.8, 4) is 11.5 Å². The largest absolute Gasteiger partial charge is 0.493 e. The number of carbonyl (C=O) groups excluding carboxylic acids is 2. The molecule has 0 saturated carbocycles. The fraction of sp³-hybridized carbons (Fsp3) is 0.190. The standard InChI is InChI=1S/C21H18FNO5/c1-12(2)20(24)27-18-10-13(7-8-17(18)26-3)9-16-21(25)28-19(23-16)14-5-4-6-15(22)11-14/h4-12H,1-3H3/b16-9+. The number of esters is 2. The van der Waals surface area contributed by atoms with Crippen molar-refractivity contribution in [1.29, 1.82) is 0 Å². The molecule has 0 bridgehead atoms. The van der Waals surface area contributed by atoms with Crippen molar-refractivity contribution in [2.75, 3.05) is 7.11 Å². The van der Waals surface area contributed by atoms with Crippen LogP contribution in [0.15, 0.2) is 53.2 Å². The summed E-state index contributed by atoms with van der Waals surface area (Å²) in [5.41, 5.74) is 0.965. The van der Waals surface area contributed by atoms with Crippen molar-refractivity contribution in [3.05, 3.63) is 65.1 Å². The molecular formula is C21H18FNO5. The highest BCUT2D eigenvalue weighted by Gasteiger charge is 2.24. The van der Waals surface area contributed by atoms with E-state index in [1.54, 1.807) is 38.1 Å². The maximum absolute atomic E-state index is 13.4. The Morgan fingerprint density at radius 1 is 1.18 bits per heavy atom. The Morgan fingerprint density at radius 2 is 1.96 bits per heavy atom. The summed E-state index contributed by atoms with van der Waals surface area (Å²) in [5, 5.41) is 0. The topological polar surface area (TPSA) is 74.2 Å². The number of carbonyl (C=O) groups is 2. The molecule has 0 radical (unpaired) electrons. The molecular weight excluding hydrogens is 365 g/mol. The van der Waals surface area contributed by atoms with Gasteiger partial charge in [-0.1, -0.05) is 26.0 Å². The van der Waals surface area contributed by atoms with Crippen molar-refractivity contribution >= 4 is 23.9 Å². The molecule has 2 aromatic carbocycles. The third-order valence-corrected chi connectivity index (χ3v) is 3.87. The summed E-state index contributed by atoms with van der Waals surface area (Å²) in [6.07, 6.45) is 1.49. The Morgan fingerprint density at radius 3 is 2.64 bits per heavy atom. The van der Waals surface area contributed by atoms with Crippen LogP contribution in [0.25, 0.3) is 6.08 Å². The van der Waals surface area contributed by atoms with Crippen LogP contribution in [0.5, 0.6) is 11.5 Å². The minimum atomic E-state index is -0.657. The molecule has 1 aliphatic rings. The first-order chi connectivity index (χ1) is 13.4. The van der Waals surface area contributed by atoms with E-state index in [0.29, 0.717) is 16.9 Å². The second kappa shape index (κ2) is 8.04. The molecule has 6 nitrogen and oxygen atoms in total. The molecule has 7 heteroatoms. The molecule has 0 atom stereocenters.